The first-order chi connectivity index (χ1) is 18.1. The van der Waals surface area contributed by atoms with Gasteiger partial charge in [-0.1, -0.05) is 75.2 Å². The van der Waals surface area contributed by atoms with Gasteiger partial charge >= 0.3 is 6.03 Å². The first kappa shape index (κ1) is 29.1. The number of thioether (sulfide) groups is 1. The normalized spacial score (nSPS) is 18.8. The molecule has 1 unspecified atom stereocenters. The number of benzene rings is 2. The van der Waals surface area contributed by atoms with Crippen LogP contribution in [0.15, 0.2) is 36.4 Å². The second-order valence-corrected chi connectivity index (χ2v) is 13.1. The van der Waals surface area contributed by atoms with Crippen molar-refractivity contribution in [3.8, 4) is 0 Å². The Kier molecular flexibility index (Phi) is 9.56. The molecule has 0 bridgehead atoms. The van der Waals surface area contributed by atoms with Gasteiger partial charge in [0.1, 0.15) is 0 Å². The van der Waals surface area contributed by atoms with E-state index in [4.69, 9.17) is 23.2 Å². The maximum Gasteiger partial charge on any atom is 0.321 e. The molecule has 2 aliphatic rings. The third-order valence-electron chi connectivity index (χ3n) is 7.45. The molecule has 2 aromatic carbocycles. The van der Waals surface area contributed by atoms with Crippen molar-refractivity contribution in [1.82, 2.24) is 15.5 Å². The zero-order chi connectivity index (χ0) is 27.4. The summed E-state index contributed by atoms with van der Waals surface area (Å²) in [6, 6.07) is 11.4. The lowest BCUT2D eigenvalue weighted by Crippen LogP contribution is -2.55. The van der Waals surface area contributed by atoms with Gasteiger partial charge in [0.2, 0.25) is 5.91 Å². The minimum absolute atomic E-state index is 0.00569. The van der Waals surface area contributed by atoms with Gasteiger partial charge in [0, 0.05) is 41.1 Å². The highest BCUT2D eigenvalue weighted by atomic mass is 35.5. The van der Waals surface area contributed by atoms with Crippen molar-refractivity contribution in [1.29, 1.82) is 0 Å². The zero-order valence-corrected chi connectivity index (χ0v) is 24.9. The van der Waals surface area contributed by atoms with Crippen LogP contribution in [-0.2, 0) is 11.2 Å². The lowest BCUT2D eigenvalue weighted by molar-refractivity contribution is -0.122. The number of piperidine rings is 1. The Morgan fingerprint density at radius 2 is 1.74 bits per heavy atom. The minimum Gasteiger partial charge on any atom is -0.354 e. The van der Waals surface area contributed by atoms with Gasteiger partial charge in [-0.3, -0.25) is 10.1 Å². The molecule has 2 heterocycles. The minimum atomic E-state index is -0.243. The van der Waals surface area contributed by atoms with E-state index in [0.717, 1.165) is 29.8 Å². The number of carbonyl (C=O) groups is 2. The van der Waals surface area contributed by atoms with Crippen LogP contribution in [0.2, 0.25) is 10.0 Å². The number of amides is 3. The molecule has 9 heteroatoms. The van der Waals surface area contributed by atoms with Gasteiger partial charge in [-0.25, -0.2) is 4.79 Å². The number of urea groups is 1. The van der Waals surface area contributed by atoms with Gasteiger partial charge in [-0.15, -0.1) is 11.8 Å². The van der Waals surface area contributed by atoms with E-state index >= 15 is 0 Å². The second-order valence-electron chi connectivity index (χ2n) is 10.8. The molecule has 0 aliphatic carbocycles. The van der Waals surface area contributed by atoms with E-state index in [0.29, 0.717) is 47.9 Å². The number of hydrogen-bond donors (Lipinski definition) is 3. The molecule has 3 N–H and O–H groups in total. The molecule has 6 nitrogen and oxygen atoms in total. The van der Waals surface area contributed by atoms with Gasteiger partial charge < -0.3 is 15.5 Å². The fraction of sp³-hybridized carbons (Fsp3) is 0.517. The molecule has 0 saturated carbocycles. The maximum atomic E-state index is 13.3. The van der Waals surface area contributed by atoms with Crippen LogP contribution in [0.5, 0.6) is 0 Å². The summed E-state index contributed by atoms with van der Waals surface area (Å²) in [5.74, 6) is 1.36. The van der Waals surface area contributed by atoms with Crippen LogP contribution in [0.4, 0.5) is 10.5 Å². The number of para-hydroxylation sites is 1. The van der Waals surface area contributed by atoms with Crippen molar-refractivity contribution in [3.05, 3.63) is 63.1 Å². The number of rotatable bonds is 7. The maximum absolute atomic E-state index is 13.3. The van der Waals surface area contributed by atoms with Crippen LogP contribution in [0, 0.1) is 0 Å². The predicted octanol–water partition coefficient (Wildman–Crippen LogP) is 6.63. The Hall–Kier alpha value is -1.93. The van der Waals surface area contributed by atoms with Crippen LogP contribution >= 0.6 is 35.0 Å². The molecular weight excluding hydrogens is 539 g/mol. The summed E-state index contributed by atoms with van der Waals surface area (Å²) in [6.45, 7) is 10.4. The predicted molar refractivity (Wildman–Crippen MR) is 160 cm³/mol. The Labute approximate surface area is 240 Å². The molecule has 1 spiro atoms. The van der Waals surface area contributed by atoms with Crippen LogP contribution in [0.1, 0.15) is 69.1 Å². The number of likely N-dealkylation sites (tertiary alicyclic amines) is 1. The molecule has 0 aromatic heterocycles. The van der Waals surface area contributed by atoms with Gasteiger partial charge in [0.25, 0.3) is 0 Å². The zero-order valence-electron chi connectivity index (χ0n) is 22.6. The van der Waals surface area contributed by atoms with Gasteiger partial charge in [0.05, 0.1) is 10.9 Å². The van der Waals surface area contributed by atoms with Crippen molar-refractivity contribution in [2.24, 2.45) is 0 Å². The number of nitrogens with zero attached hydrogens (tertiary/aromatic N) is 1. The molecule has 38 heavy (non-hydrogen) atoms. The summed E-state index contributed by atoms with van der Waals surface area (Å²) in [5, 5.41) is 11.1. The first-order valence-corrected chi connectivity index (χ1v) is 15.1. The molecule has 2 aliphatic heterocycles. The Morgan fingerprint density at radius 1 is 1.08 bits per heavy atom. The number of halogens is 2. The van der Waals surface area contributed by atoms with E-state index in [2.05, 4.69) is 61.8 Å². The first-order valence-electron chi connectivity index (χ1n) is 13.4. The lowest BCUT2D eigenvalue weighted by atomic mass is 9.92. The quantitative estimate of drug-likeness (QED) is 0.346. The largest absolute Gasteiger partial charge is 0.354 e. The third-order valence-corrected chi connectivity index (χ3v) is 9.62. The molecule has 0 radical (unpaired) electrons. The number of anilines is 1. The van der Waals surface area contributed by atoms with E-state index in [1.54, 1.807) is 17.8 Å². The van der Waals surface area contributed by atoms with Gasteiger partial charge in [0.15, 0.2) is 0 Å². The SMILES string of the molecule is CC(C)c1cccc(C(C)C)c1NC(=O)N1CCC2(CC1)NC(C(=O)NCCc1ccc(Cl)cc1Cl)CS2. The van der Waals surface area contributed by atoms with E-state index in [1.807, 2.05) is 17.0 Å². The molecular formula is C29H38Cl2N4O2S. The molecule has 4 rings (SSSR count). The summed E-state index contributed by atoms with van der Waals surface area (Å²) in [5.41, 5.74) is 4.24. The Balaban J connectivity index is 1.28. The molecule has 2 aromatic rings. The number of carbonyl (C=O) groups excluding carboxylic acids is 2. The summed E-state index contributed by atoms with van der Waals surface area (Å²) in [4.78, 5) is 27.8. The number of nitrogens with one attached hydrogen (secondary N) is 3. The van der Waals surface area contributed by atoms with Gasteiger partial charge in [-0.05, 0) is 59.9 Å². The van der Waals surface area contributed by atoms with Crippen LogP contribution < -0.4 is 16.0 Å². The average molecular weight is 578 g/mol. The summed E-state index contributed by atoms with van der Waals surface area (Å²) in [6.07, 6.45) is 2.26. The van der Waals surface area contributed by atoms with Crippen LogP contribution in [0.3, 0.4) is 0 Å². The van der Waals surface area contributed by atoms with Crippen molar-refractivity contribution >= 4 is 52.6 Å². The molecule has 2 fully saturated rings. The number of hydrogen-bond acceptors (Lipinski definition) is 4. The smallest absolute Gasteiger partial charge is 0.321 e. The van der Waals surface area contributed by atoms with E-state index in [9.17, 15) is 9.59 Å². The molecule has 2 saturated heterocycles. The van der Waals surface area contributed by atoms with E-state index < -0.39 is 0 Å². The highest BCUT2D eigenvalue weighted by Crippen LogP contribution is 2.40. The summed E-state index contributed by atoms with van der Waals surface area (Å²) in [7, 11) is 0. The van der Waals surface area contributed by atoms with Crippen LogP contribution in [-0.4, -0.2) is 53.1 Å². The second kappa shape index (κ2) is 12.5. The summed E-state index contributed by atoms with van der Waals surface area (Å²) >= 11 is 14.0. The fourth-order valence-corrected chi connectivity index (χ4v) is 7.11. The van der Waals surface area contributed by atoms with E-state index in [1.165, 1.54) is 11.1 Å². The molecule has 1 atom stereocenters. The standard InChI is InChI=1S/C29H38Cl2N4O2S/c1-18(2)22-6-5-7-23(19(3)4)26(22)33-28(37)35-14-11-29(12-15-35)34-25(17-38-29)27(36)32-13-10-20-8-9-21(30)16-24(20)31/h5-9,16,18-19,25,34H,10-15,17H2,1-4H3,(H,32,36)(H,33,37). The summed E-state index contributed by atoms with van der Waals surface area (Å²) < 4.78 is 0. The molecule has 3 amide bonds. The van der Waals surface area contributed by atoms with Crippen molar-refractivity contribution in [2.75, 3.05) is 30.7 Å². The van der Waals surface area contributed by atoms with E-state index in [-0.39, 0.29) is 22.9 Å². The van der Waals surface area contributed by atoms with Gasteiger partial charge in [-0.2, -0.15) is 0 Å². The van der Waals surface area contributed by atoms with Crippen molar-refractivity contribution in [2.45, 2.75) is 69.7 Å². The average Bonchev–Trinajstić information content (AvgIpc) is 3.29. The lowest BCUT2D eigenvalue weighted by Gasteiger charge is -2.39. The highest BCUT2D eigenvalue weighted by Gasteiger charge is 2.44. The monoisotopic (exact) mass is 576 g/mol. The topological polar surface area (TPSA) is 73.5 Å². The van der Waals surface area contributed by atoms with Crippen molar-refractivity contribution < 1.29 is 9.59 Å². The Morgan fingerprint density at radius 3 is 2.34 bits per heavy atom. The van der Waals surface area contributed by atoms with Crippen LogP contribution in [0.25, 0.3) is 0 Å². The fourth-order valence-electron chi connectivity index (χ4n) is 5.19. The van der Waals surface area contributed by atoms with Crippen molar-refractivity contribution in [3.63, 3.8) is 0 Å². The highest BCUT2D eigenvalue weighted by molar-refractivity contribution is 8.01. The molecule has 206 valence electrons. The Bertz CT molecular complexity index is 1140. The third kappa shape index (κ3) is 6.79.